The lowest BCUT2D eigenvalue weighted by atomic mass is 9.82. The maximum Gasteiger partial charge on any atom is 0.173 e. The van der Waals surface area contributed by atoms with Gasteiger partial charge in [0.05, 0.1) is 12.4 Å². The molecule has 0 saturated carbocycles. The third kappa shape index (κ3) is 6.31. The lowest BCUT2D eigenvalue weighted by Gasteiger charge is -2.23. The quantitative estimate of drug-likeness (QED) is 0.208. The summed E-state index contributed by atoms with van der Waals surface area (Å²) in [5.41, 5.74) is 4.60. The van der Waals surface area contributed by atoms with Crippen LogP contribution in [0.3, 0.4) is 0 Å². The van der Waals surface area contributed by atoms with Crippen LogP contribution in [0, 0.1) is 13.8 Å². The molecule has 208 valence electrons. The van der Waals surface area contributed by atoms with Gasteiger partial charge in [0.2, 0.25) is 0 Å². The Morgan fingerprint density at radius 3 is 1.78 bits per heavy atom. The highest BCUT2D eigenvalue weighted by Gasteiger charge is 2.24. The molecule has 0 aliphatic carbocycles. The van der Waals surface area contributed by atoms with Crippen LogP contribution in [0.2, 0.25) is 0 Å². The minimum absolute atomic E-state index is 0.0755. The van der Waals surface area contributed by atoms with Gasteiger partial charge in [-0.3, -0.25) is 0 Å². The average molecular weight is 552 g/mol. The van der Waals surface area contributed by atoms with Crippen LogP contribution in [0.1, 0.15) is 50.9 Å². The van der Waals surface area contributed by atoms with Crippen LogP contribution in [0.25, 0.3) is 0 Å². The van der Waals surface area contributed by atoms with E-state index in [0.29, 0.717) is 33.9 Å². The van der Waals surface area contributed by atoms with Crippen LogP contribution < -0.4 is 0 Å². The van der Waals surface area contributed by atoms with Crippen molar-refractivity contribution in [3.8, 4) is 11.5 Å². The number of phenols is 2. The minimum Gasteiger partial charge on any atom is -0.508 e. The van der Waals surface area contributed by atoms with Crippen molar-refractivity contribution in [2.24, 2.45) is 10.2 Å². The van der Waals surface area contributed by atoms with E-state index in [-0.39, 0.29) is 11.5 Å². The van der Waals surface area contributed by atoms with Gasteiger partial charge in [0.1, 0.15) is 11.5 Å². The third-order valence-electron chi connectivity index (χ3n) is 6.35. The number of hydrogen-bond donors (Lipinski definition) is 2. The van der Waals surface area contributed by atoms with E-state index in [2.05, 4.69) is 58.3 Å². The Labute approximate surface area is 236 Å². The Morgan fingerprint density at radius 2 is 1.32 bits per heavy atom. The van der Waals surface area contributed by atoms with Crippen LogP contribution in [-0.4, -0.2) is 82.3 Å². The fraction of sp³-hybridized carbons (Fsp3) is 0.214. The molecule has 0 radical (unpaired) electrons. The van der Waals surface area contributed by atoms with Gasteiger partial charge in [-0.25, -0.2) is 0 Å². The monoisotopic (exact) mass is 551 g/mol. The standard InChI is InChI=1S/C28H29N11O2/c1-18-31-33-35-38(18)29-15-20-8-10-26(40)24(13-20)28(23-7-5-6-22(12-23)17-37(3)4)25-14-21(9-11-27(25)41)16-30-39-19(2)32-34-36-39/h5-16,28,40-41H,17H2,1-4H3. The summed E-state index contributed by atoms with van der Waals surface area (Å²) in [4.78, 5) is 4.71. The second kappa shape index (κ2) is 11.8. The van der Waals surface area contributed by atoms with E-state index in [1.54, 1.807) is 50.5 Å². The third-order valence-corrected chi connectivity index (χ3v) is 6.35. The van der Waals surface area contributed by atoms with Gasteiger partial charge in [0.25, 0.3) is 0 Å². The number of tetrazole rings is 2. The molecule has 41 heavy (non-hydrogen) atoms. The molecule has 0 saturated heterocycles. The Kier molecular flexibility index (Phi) is 7.87. The predicted octanol–water partition coefficient (Wildman–Crippen LogP) is 2.69. The lowest BCUT2D eigenvalue weighted by Crippen LogP contribution is -2.12. The second-order valence-electron chi connectivity index (χ2n) is 9.77. The first-order valence-corrected chi connectivity index (χ1v) is 12.8. The first-order valence-electron chi connectivity index (χ1n) is 12.8. The van der Waals surface area contributed by atoms with Gasteiger partial charge in [0.15, 0.2) is 11.6 Å². The van der Waals surface area contributed by atoms with Crippen molar-refractivity contribution in [3.05, 3.63) is 106 Å². The molecule has 2 N–H and O–H groups in total. The summed E-state index contributed by atoms with van der Waals surface area (Å²) >= 11 is 0. The van der Waals surface area contributed by atoms with E-state index in [9.17, 15) is 10.2 Å². The molecule has 0 spiro atoms. The minimum atomic E-state index is -0.525. The second-order valence-corrected chi connectivity index (χ2v) is 9.77. The smallest absolute Gasteiger partial charge is 0.173 e. The lowest BCUT2D eigenvalue weighted by molar-refractivity contribution is 0.402. The molecule has 0 aliphatic heterocycles. The van der Waals surface area contributed by atoms with E-state index in [4.69, 9.17) is 0 Å². The van der Waals surface area contributed by atoms with Crippen molar-refractivity contribution in [2.45, 2.75) is 26.3 Å². The number of nitrogens with zero attached hydrogens (tertiary/aromatic N) is 11. The molecule has 2 heterocycles. The van der Waals surface area contributed by atoms with Crippen LogP contribution in [0.4, 0.5) is 0 Å². The van der Waals surface area contributed by atoms with Crippen LogP contribution in [0.15, 0.2) is 70.9 Å². The highest BCUT2D eigenvalue weighted by atomic mass is 16.3. The van der Waals surface area contributed by atoms with Gasteiger partial charge in [0, 0.05) is 23.6 Å². The summed E-state index contributed by atoms with van der Waals surface area (Å²) in [6.07, 6.45) is 3.23. The van der Waals surface area contributed by atoms with Gasteiger partial charge < -0.3 is 15.1 Å². The fourth-order valence-corrected chi connectivity index (χ4v) is 4.44. The summed E-state index contributed by atoms with van der Waals surface area (Å²) in [7, 11) is 4.01. The number of hydrogen-bond acceptors (Lipinski definition) is 11. The predicted molar refractivity (Wildman–Crippen MR) is 152 cm³/mol. The summed E-state index contributed by atoms with van der Waals surface area (Å²) in [5, 5.41) is 53.5. The molecule has 13 heteroatoms. The Hall–Kier alpha value is -5.30. The highest BCUT2D eigenvalue weighted by molar-refractivity contribution is 5.82. The number of aromatic nitrogens is 8. The van der Waals surface area contributed by atoms with E-state index < -0.39 is 5.92 Å². The van der Waals surface area contributed by atoms with Gasteiger partial charge in [-0.1, -0.05) is 24.3 Å². The fourth-order valence-electron chi connectivity index (χ4n) is 4.44. The number of aromatic hydroxyl groups is 2. The molecular formula is C28H29N11O2. The summed E-state index contributed by atoms with van der Waals surface area (Å²) in [5.74, 6) is 0.702. The molecule has 0 unspecified atom stereocenters. The summed E-state index contributed by atoms with van der Waals surface area (Å²) < 4.78 is 0. The molecule has 13 nitrogen and oxygen atoms in total. The van der Waals surface area contributed by atoms with Crippen LogP contribution >= 0.6 is 0 Å². The van der Waals surface area contributed by atoms with E-state index in [0.717, 1.165) is 17.7 Å². The summed E-state index contributed by atoms with van der Waals surface area (Å²) in [6.45, 7) is 4.22. The van der Waals surface area contributed by atoms with Crippen molar-refractivity contribution in [3.63, 3.8) is 0 Å². The first-order chi connectivity index (χ1) is 19.8. The molecule has 2 aromatic heterocycles. The molecule has 0 amide bonds. The normalized spacial score (nSPS) is 12.6. The molecule has 0 atom stereocenters. The molecule has 0 bridgehead atoms. The van der Waals surface area contributed by atoms with E-state index in [1.807, 2.05) is 38.4 Å². The topological polar surface area (TPSA) is 156 Å². The van der Waals surface area contributed by atoms with Gasteiger partial charge in [-0.2, -0.15) is 10.2 Å². The van der Waals surface area contributed by atoms with Crippen molar-refractivity contribution < 1.29 is 10.2 Å². The van der Waals surface area contributed by atoms with Gasteiger partial charge in [-0.05, 0) is 107 Å². The molecule has 5 aromatic rings. The Balaban J connectivity index is 1.63. The number of rotatable bonds is 9. The average Bonchev–Trinajstić information content (AvgIpc) is 3.56. The molecule has 0 fully saturated rings. The molecule has 3 aromatic carbocycles. The Bertz CT molecular complexity index is 1620. The Morgan fingerprint density at radius 1 is 0.780 bits per heavy atom. The van der Waals surface area contributed by atoms with Crippen LogP contribution in [-0.2, 0) is 6.54 Å². The molecule has 0 aliphatic rings. The first kappa shape index (κ1) is 27.3. The van der Waals surface area contributed by atoms with Crippen molar-refractivity contribution in [2.75, 3.05) is 14.1 Å². The zero-order valence-electron chi connectivity index (χ0n) is 23.0. The number of benzene rings is 3. The summed E-state index contributed by atoms with van der Waals surface area (Å²) in [6, 6.07) is 18.5. The zero-order valence-corrected chi connectivity index (χ0v) is 23.0. The SMILES string of the molecule is Cc1nnnn1N=Cc1ccc(O)c(C(c2cccc(CN(C)C)c2)c2cc(C=Nn3nnnc3C)ccc2O)c1. The van der Waals surface area contributed by atoms with Crippen molar-refractivity contribution in [1.82, 2.24) is 45.5 Å². The highest BCUT2D eigenvalue weighted by Crippen LogP contribution is 2.41. The van der Waals surface area contributed by atoms with E-state index >= 15 is 0 Å². The van der Waals surface area contributed by atoms with Gasteiger partial charge >= 0.3 is 0 Å². The van der Waals surface area contributed by atoms with Gasteiger partial charge in [-0.15, -0.1) is 19.8 Å². The molecular weight excluding hydrogens is 522 g/mol. The van der Waals surface area contributed by atoms with Crippen molar-refractivity contribution in [1.29, 1.82) is 0 Å². The number of aryl methyl sites for hydroxylation is 2. The zero-order chi connectivity index (χ0) is 28.9. The van der Waals surface area contributed by atoms with E-state index in [1.165, 1.54) is 9.58 Å². The van der Waals surface area contributed by atoms with Crippen molar-refractivity contribution >= 4 is 12.4 Å². The van der Waals surface area contributed by atoms with Crippen LogP contribution in [0.5, 0.6) is 11.5 Å². The maximum absolute atomic E-state index is 11.1. The largest absolute Gasteiger partial charge is 0.508 e. The number of phenolic OH excluding ortho intramolecular Hbond substituents is 2. The molecule has 5 rings (SSSR count). The maximum atomic E-state index is 11.1.